The Morgan fingerprint density at radius 3 is 2.31 bits per heavy atom. The first-order valence-corrected chi connectivity index (χ1v) is 5.68. The van der Waals surface area contributed by atoms with Gasteiger partial charge in [-0.25, -0.2) is 4.79 Å². The number of hydrogen-bond acceptors (Lipinski definition) is 2. The van der Waals surface area contributed by atoms with Gasteiger partial charge in [0.1, 0.15) is 5.75 Å². The highest BCUT2D eigenvalue weighted by Crippen LogP contribution is 2.35. The van der Waals surface area contributed by atoms with Crippen LogP contribution >= 0.6 is 15.9 Å². The predicted molar refractivity (Wildman–Crippen MR) is 66.4 cm³/mol. The molecule has 0 aliphatic heterocycles. The summed E-state index contributed by atoms with van der Waals surface area (Å²) in [6.45, 7) is 6.16. The van der Waals surface area contributed by atoms with E-state index in [2.05, 4.69) is 36.7 Å². The molecule has 0 heterocycles. The highest BCUT2D eigenvalue weighted by molar-refractivity contribution is 9.10. The zero-order chi connectivity index (χ0) is 12.5. The molecule has 0 saturated carbocycles. The molecule has 0 amide bonds. The molecule has 88 valence electrons. The molecule has 16 heavy (non-hydrogen) atoms. The summed E-state index contributed by atoms with van der Waals surface area (Å²) in [5.41, 5.74) is 1.10. The van der Waals surface area contributed by atoms with Gasteiger partial charge < -0.3 is 9.84 Å². The molecule has 1 N–H and O–H groups in total. The number of ether oxygens (including phenoxy) is 1. The van der Waals surface area contributed by atoms with Crippen LogP contribution in [0, 0.1) is 0 Å². The lowest BCUT2D eigenvalue weighted by Gasteiger charge is -2.23. The minimum absolute atomic E-state index is 0.0924. The van der Waals surface area contributed by atoms with Crippen LogP contribution in [-0.4, -0.2) is 18.2 Å². The summed E-state index contributed by atoms with van der Waals surface area (Å²) in [7, 11) is 1.55. The number of carbonyl (C=O) groups is 1. The first-order chi connectivity index (χ1) is 7.27. The second-order valence-electron chi connectivity index (χ2n) is 4.59. The Bertz CT molecular complexity index is 419. The number of carboxylic acid groups (broad SMARTS) is 1. The number of carboxylic acids is 1. The highest BCUT2D eigenvalue weighted by atomic mass is 79.9. The average Bonchev–Trinajstić information content (AvgIpc) is 2.15. The van der Waals surface area contributed by atoms with Crippen LogP contribution in [0.3, 0.4) is 0 Å². The van der Waals surface area contributed by atoms with Crippen LogP contribution in [0.5, 0.6) is 5.75 Å². The summed E-state index contributed by atoms with van der Waals surface area (Å²) in [6, 6.07) is 3.36. The van der Waals surface area contributed by atoms with E-state index in [0.717, 1.165) is 5.56 Å². The molecule has 0 fully saturated rings. The van der Waals surface area contributed by atoms with Crippen LogP contribution in [-0.2, 0) is 5.41 Å². The Morgan fingerprint density at radius 1 is 1.38 bits per heavy atom. The van der Waals surface area contributed by atoms with Crippen molar-refractivity contribution < 1.29 is 14.6 Å². The molecule has 0 aliphatic carbocycles. The van der Waals surface area contributed by atoms with Crippen molar-refractivity contribution in [2.24, 2.45) is 0 Å². The van der Waals surface area contributed by atoms with Gasteiger partial charge in [0.2, 0.25) is 0 Å². The second kappa shape index (κ2) is 4.45. The van der Waals surface area contributed by atoms with Crippen molar-refractivity contribution in [1.82, 2.24) is 0 Å². The smallest absolute Gasteiger partial charge is 0.336 e. The Kier molecular flexibility index (Phi) is 3.63. The molecule has 0 atom stereocenters. The molecule has 0 saturated heterocycles. The van der Waals surface area contributed by atoms with E-state index < -0.39 is 5.97 Å². The van der Waals surface area contributed by atoms with E-state index in [1.807, 2.05) is 6.07 Å². The third-order valence-corrected chi connectivity index (χ3v) is 2.98. The molecule has 0 aromatic heterocycles. The zero-order valence-corrected chi connectivity index (χ0v) is 11.4. The van der Waals surface area contributed by atoms with Crippen LogP contribution < -0.4 is 4.74 Å². The van der Waals surface area contributed by atoms with Crippen molar-refractivity contribution in [2.45, 2.75) is 26.2 Å². The summed E-state index contributed by atoms with van der Waals surface area (Å²) in [4.78, 5) is 11.0. The Labute approximate surface area is 104 Å². The van der Waals surface area contributed by atoms with Gasteiger partial charge in [0.05, 0.1) is 12.7 Å². The molecule has 0 radical (unpaired) electrons. The molecule has 1 rings (SSSR count). The highest BCUT2D eigenvalue weighted by Gasteiger charge is 2.22. The lowest BCUT2D eigenvalue weighted by Crippen LogP contribution is -2.14. The summed E-state index contributed by atoms with van der Waals surface area (Å²) in [6.07, 6.45) is 0. The van der Waals surface area contributed by atoms with Crippen molar-refractivity contribution in [1.29, 1.82) is 0 Å². The van der Waals surface area contributed by atoms with Crippen LogP contribution in [0.4, 0.5) is 0 Å². The largest absolute Gasteiger partial charge is 0.496 e. The van der Waals surface area contributed by atoms with E-state index in [-0.39, 0.29) is 11.0 Å². The van der Waals surface area contributed by atoms with Crippen LogP contribution in [0.25, 0.3) is 0 Å². The fraction of sp³-hybridized carbons (Fsp3) is 0.417. The average molecular weight is 287 g/mol. The molecule has 0 unspecified atom stereocenters. The van der Waals surface area contributed by atoms with Gasteiger partial charge in [-0.05, 0) is 33.5 Å². The lowest BCUT2D eigenvalue weighted by molar-refractivity contribution is 0.0695. The fourth-order valence-electron chi connectivity index (χ4n) is 1.47. The summed E-state index contributed by atoms with van der Waals surface area (Å²) < 4.78 is 5.81. The van der Waals surface area contributed by atoms with Gasteiger partial charge in [-0.2, -0.15) is 0 Å². The van der Waals surface area contributed by atoms with Gasteiger partial charge in [0.15, 0.2) is 0 Å². The second-order valence-corrected chi connectivity index (χ2v) is 5.44. The van der Waals surface area contributed by atoms with Crippen LogP contribution in [0.1, 0.15) is 36.7 Å². The molecule has 1 aromatic rings. The monoisotopic (exact) mass is 286 g/mol. The first kappa shape index (κ1) is 13.0. The van der Waals surface area contributed by atoms with Crippen molar-refractivity contribution in [3.63, 3.8) is 0 Å². The molecular formula is C12H15BrO3. The number of rotatable bonds is 2. The normalized spacial score (nSPS) is 11.3. The predicted octanol–water partition coefficient (Wildman–Crippen LogP) is 3.45. The fourth-order valence-corrected chi connectivity index (χ4v) is 1.99. The van der Waals surface area contributed by atoms with Gasteiger partial charge in [-0.1, -0.05) is 20.8 Å². The Morgan fingerprint density at radius 2 is 1.94 bits per heavy atom. The summed E-state index contributed by atoms with van der Waals surface area (Å²) in [5, 5.41) is 8.99. The van der Waals surface area contributed by atoms with Crippen molar-refractivity contribution in [3.8, 4) is 5.75 Å². The molecule has 0 bridgehead atoms. The van der Waals surface area contributed by atoms with Crippen molar-refractivity contribution in [3.05, 3.63) is 27.7 Å². The van der Waals surface area contributed by atoms with Gasteiger partial charge in [-0.3, -0.25) is 0 Å². The zero-order valence-electron chi connectivity index (χ0n) is 9.80. The third-order valence-electron chi connectivity index (χ3n) is 2.33. The van der Waals surface area contributed by atoms with Gasteiger partial charge in [0.25, 0.3) is 0 Å². The number of hydrogen-bond donors (Lipinski definition) is 1. The van der Waals surface area contributed by atoms with E-state index in [0.29, 0.717) is 10.2 Å². The molecule has 0 spiro atoms. The van der Waals surface area contributed by atoms with E-state index in [1.165, 1.54) is 0 Å². The lowest BCUT2D eigenvalue weighted by atomic mass is 9.86. The van der Waals surface area contributed by atoms with Gasteiger partial charge in [0, 0.05) is 10.0 Å². The minimum Gasteiger partial charge on any atom is -0.496 e. The molecular weight excluding hydrogens is 272 g/mol. The maximum absolute atomic E-state index is 11.0. The quantitative estimate of drug-likeness (QED) is 0.906. The Hall–Kier alpha value is -1.03. The maximum atomic E-state index is 11.0. The molecule has 1 aromatic carbocycles. The molecule has 3 nitrogen and oxygen atoms in total. The number of aromatic carboxylic acids is 1. The number of benzene rings is 1. The topological polar surface area (TPSA) is 46.5 Å². The van der Waals surface area contributed by atoms with E-state index in [4.69, 9.17) is 9.84 Å². The maximum Gasteiger partial charge on any atom is 0.336 e. The van der Waals surface area contributed by atoms with Crippen molar-refractivity contribution in [2.75, 3.05) is 7.11 Å². The van der Waals surface area contributed by atoms with Gasteiger partial charge in [-0.15, -0.1) is 0 Å². The minimum atomic E-state index is -0.967. The Balaban J connectivity index is 3.44. The van der Waals surface area contributed by atoms with E-state index >= 15 is 0 Å². The number of methoxy groups -OCH3 is 1. The van der Waals surface area contributed by atoms with Crippen molar-refractivity contribution >= 4 is 21.9 Å². The third kappa shape index (κ3) is 2.55. The SMILES string of the molecule is COc1cc(C(=O)O)c(Br)cc1C(C)(C)C. The number of halogens is 1. The summed E-state index contributed by atoms with van der Waals surface area (Å²) >= 11 is 3.27. The van der Waals surface area contributed by atoms with E-state index in [1.54, 1.807) is 13.2 Å². The van der Waals surface area contributed by atoms with Crippen LogP contribution in [0.15, 0.2) is 16.6 Å². The standard InChI is InChI=1S/C12H15BrO3/c1-12(2,3)8-6-9(13)7(11(14)15)5-10(8)16-4/h5-6H,1-4H3,(H,14,15). The van der Waals surface area contributed by atoms with E-state index in [9.17, 15) is 4.79 Å². The van der Waals surface area contributed by atoms with Crippen LogP contribution in [0.2, 0.25) is 0 Å². The summed E-state index contributed by atoms with van der Waals surface area (Å²) in [5.74, 6) is -0.362. The van der Waals surface area contributed by atoms with Gasteiger partial charge >= 0.3 is 5.97 Å². The molecule has 4 heteroatoms. The first-order valence-electron chi connectivity index (χ1n) is 4.88. The molecule has 0 aliphatic rings.